The third-order valence-corrected chi connectivity index (χ3v) is 6.34. The molecule has 3 rings (SSSR count). The summed E-state index contributed by atoms with van der Waals surface area (Å²) in [5.74, 6) is 5.31. The van der Waals surface area contributed by atoms with E-state index >= 15 is 0 Å². The lowest BCUT2D eigenvalue weighted by Crippen LogP contribution is -2.51. The fourth-order valence-electron chi connectivity index (χ4n) is 2.72. The second-order valence-electron chi connectivity index (χ2n) is 5.03. The molecule has 0 spiro atoms. The Labute approximate surface area is 124 Å². The summed E-state index contributed by atoms with van der Waals surface area (Å²) in [6, 6.07) is 5.03. The molecule has 0 amide bonds. The summed E-state index contributed by atoms with van der Waals surface area (Å²) in [6.45, 7) is 4.70. The molecule has 0 aromatic carbocycles. The maximum atomic E-state index is 4.10. The van der Waals surface area contributed by atoms with Gasteiger partial charge < -0.3 is 4.90 Å². The van der Waals surface area contributed by atoms with Gasteiger partial charge in [0.1, 0.15) is 0 Å². The predicted molar refractivity (Wildman–Crippen MR) is 86.5 cm³/mol. The Morgan fingerprint density at radius 3 is 2.21 bits per heavy atom. The average molecular weight is 295 g/mol. The van der Waals surface area contributed by atoms with Crippen molar-refractivity contribution >= 4 is 29.2 Å². The van der Waals surface area contributed by atoms with Gasteiger partial charge in [0.2, 0.25) is 0 Å². The van der Waals surface area contributed by atoms with E-state index in [2.05, 4.69) is 50.4 Å². The van der Waals surface area contributed by atoms with Crippen LogP contribution in [0.5, 0.6) is 0 Å². The first-order valence-corrected chi connectivity index (χ1v) is 9.29. The summed E-state index contributed by atoms with van der Waals surface area (Å²) in [5, 5.41) is 0. The smallest absolute Gasteiger partial charge is 0.0397 e. The van der Waals surface area contributed by atoms with Gasteiger partial charge in [-0.1, -0.05) is 0 Å². The highest BCUT2D eigenvalue weighted by Gasteiger charge is 2.24. The fraction of sp³-hybridized carbons (Fsp3) is 0.643. The number of hydrogen-bond donors (Lipinski definition) is 0. The first-order valence-electron chi connectivity index (χ1n) is 6.98. The summed E-state index contributed by atoms with van der Waals surface area (Å²) in [6.07, 6.45) is 3.78. The normalized spacial score (nSPS) is 23.3. The topological polar surface area (TPSA) is 19.4 Å². The largest absolute Gasteiger partial charge is 0.369 e. The minimum absolute atomic E-state index is 0.789. The third-order valence-electron chi connectivity index (χ3n) is 3.85. The maximum Gasteiger partial charge on any atom is 0.0397 e. The SMILES string of the molecule is c1cc(N2CCN(C3CSCCSC3)CC2)ccn1. The summed E-state index contributed by atoms with van der Waals surface area (Å²) in [4.78, 5) is 9.28. The van der Waals surface area contributed by atoms with Gasteiger partial charge in [-0.2, -0.15) is 23.5 Å². The van der Waals surface area contributed by atoms with Crippen LogP contribution < -0.4 is 4.90 Å². The zero-order chi connectivity index (χ0) is 12.9. The molecule has 2 saturated heterocycles. The fourth-order valence-corrected chi connectivity index (χ4v) is 5.34. The molecule has 0 bridgehead atoms. The molecule has 2 fully saturated rings. The molecule has 0 radical (unpaired) electrons. The summed E-state index contributed by atoms with van der Waals surface area (Å²) < 4.78 is 0. The van der Waals surface area contributed by atoms with E-state index in [1.54, 1.807) is 0 Å². The number of aromatic nitrogens is 1. The van der Waals surface area contributed by atoms with Crippen LogP contribution in [0.4, 0.5) is 5.69 Å². The Morgan fingerprint density at radius 1 is 0.947 bits per heavy atom. The quantitative estimate of drug-likeness (QED) is 0.829. The minimum atomic E-state index is 0.789. The molecule has 0 aliphatic carbocycles. The molecule has 1 aromatic heterocycles. The van der Waals surface area contributed by atoms with Gasteiger partial charge in [-0.15, -0.1) is 0 Å². The van der Waals surface area contributed by atoms with Gasteiger partial charge in [0.15, 0.2) is 0 Å². The monoisotopic (exact) mass is 295 g/mol. The van der Waals surface area contributed by atoms with Gasteiger partial charge in [-0.3, -0.25) is 9.88 Å². The second kappa shape index (κ2) is 6.86. The summed E-state index contributed by atoms with van der Waals surface area (Å²) >= 11 is 4.26. The van der Waals surface area contributed by atoms with Crippen molar-refractivity contribution in [2.45, 2.75) is 6.04 Å². The molecule has 3 nitrogen and oxygen atoms in total. The van der Waals surface area contributed by atoms with Gasteiger partial charge in [0.05, 0.1) is 0 Å². The molecule has 2 aliphatic heterocycles. The van der Waals surface area contributed by atoms with E-state index in [1.807, 2.05) is 12.4 Å². The van der Waals surface area contributed by atoms with Crippen LogP contribution in [0.25, 0.3) is 0 Å². The average Bonchev–Trinajstić information content (AvgIpc) is 2.77. The summed E-state index contributed by atoms with van der Waals surface area (Å²) in [5.41, 5.74) is 1.32. The number of nitrogens with zero attached hydrogens (tertiary/aromatic N) is 3. The van der Waals surface area contributed by atoms with E-state index in [9.17, 15) is 0 Å². The van der Waals surface area contributed by atoms with Crippen LogP contribution in [0, 0.1) is 0 Å². The van der Waals surface area contributed by atoms with E-state index in [1.165, 1.54) is 41.8 Å². The highest BCUT2D eigenvalue weighted by atomic mass is 32.2. The molecular weight excluding hydrogens is 274 g/mol. The molecular formula is C14H21N3S2. The molecule has 5 heteroatoms. The second-order valence-corrected chi connectivity index (χ2v) is 7.33. The van der Waals surface area contributed by atoms with E-state index < -0.39 is 0 Å². The van der Waals surface area contributed by atoms with Crippen LogP contribution >= 0.6 is 23.5 Å². The van der Waals surface area contributed by atoms with Crippen LogP contribution in [0.3, 0.4) is 0 Å². The van der Waals surface area contributed by atoms with Crippen molar-refractivity contribution in [2.24, 2.45) is 0 Å². The molecule has 3 heterocycles. The Bertz CT molecular complexity index is 372. The Hall–Kier alpha value is -0.390. The minimum Gasteiger partial charge on any atom is -0.369 e. The van der Waals surface area contributed by atoms with Gasteiger partial charge in [-0.25, -0.2) is 0 Å². The van der Waals surface area contributed by atoms with Crippen LogP contribution in [0.1, 0.15) is 0 Å². The lowest BCUT2D eigenvalue weighted by molar-refractivity contribution is 0.215. The molecule has 0 N–H and O–H groups in total. The van der Waals surface area contributed by atoms with Crippen molar-refractivity contribution < 1.29 is 0 Å². The van der Waals surface area contributed by atoms with Crippen LogP contribution in [0.2, 0.25) is 0 Å². The third kappa shape index (κ3) is 3.58. The zero-order valence-corrected chi connectivity index (χ0v) is 12.8. The standard InChI is InChI=1S/C14H21N3S2/c1-3-15-4-2-13(1)16-5-7-17(8-6-16)14-11-18-9-10-19-12-14/h1-4,14H,5-12H2. The first-order chi connectivity index (χ1) is 9.43. The zero-order valence-electron chi connectivity index (χ0n) is 11.2. The number of piperazine rings is 1. The van der Waals surface area contributed by atoms with Gasteiger partial charge in [0.25, 0.3) is 0 Å². The van der Waals surface area contributed by atoms with Crippen LogP contribution in [0.15, 0.2) is 24.5 Å². The van der Waals surface area contributed by atoms with Crippen molar-refractivity contribution in [3.63, 3.8) is 0 Å². The van der Waals surface area contributed by atoms with Crippen molar-refractivity contribution in [3.8, 4) is 0 Å². The Kier molecular flexibility index (Phi) is 4.91. The molecule has 0 unspecified atom stereocenters. The van der Waals surface area contributed by atoms with Crippen molar-refractivity contribution in [1.82, 2.24) is 9.88 Å². The van der Waals surface area contributed by atoms with Crippen LogP contribution in [-0.4, -0.2) is 65.1 Å². The lowest BCUT2D eigenvalue weighted by atomic mass is 10.2. The molecule has 0 atom stereocenters. The number of anilines is 1. The van der Waals surface area contributed by atoms with Gasteiger partial charge in [0, 0.05) is 73.3 Å². The number of hydrogen-bond acceptors (Lipinski definition) is 5. The van der Waals surface area contributed by atoms with Gasteiger partial charge in [-0.05, 0) is 12.1 Å². The van der Waals surface area contributed by atoms with Crippen molar-refractivity contribution in [1.29, 1.82) is 0 Å². The lowest BCUT2D eigenvalue weighted by Gasteiger charge is -2.39. The number of pyridine rings is 1. The number of rotatable bonds is 2. The summed E-state index contributed by atoms with van der Waals surface area (Å²) in [7, 11) is 0. The van der Waals surface area contributed by atoms with E-state index in [-0.39, 0.29) is 0 Å². The van der Waals surface area contributed by atoms with E-state index in [0.717, 1.165) is 19.1 Å². The molecule has 19 heavy (non-hydrogen) atoms. The molecule has 104 valence electrons. The molecule has 2 aliphatic rings. The van der Waals surface area contributed by atoms with Crippen molar-refractivity contribution in [2.75, 3.05) is 54.1 Å². The van der Waals surface area contributed by atoms with Crippen LogP contribution in [-0.2, 0) is 0 Å². The van der Waals surface area contributed by atoms with E-state index in [0.29, 0.717) is 0 Å². The Morgan fingerprint density at radius 2 is 1.58 bits per heavy atom. The van der Waals surface area contributed by atoms with Gasteiger partial charge >= 0.3 is 0 Å². The first kappa shape index (κ1) is 13.6. The highest BCUT2D eigenvalue weighted by Crippen LogP contribution is 2.22. The van der Waals surface area contributed by atoms with E-state index in [4.69, 9.17) is 0 Å². The predicted octanol–water partition coefficient (Wildman–Crippen LogP) is 2.05. The maximum absolute atomic E-state index is 4.10. The van der Waals surface area contributed by atoms with Crippen molar-refractivity contribution in [3.05, 3.63) is 24.5 Å². The molecule has 1 aromatic rings. The Balaban J connectivity index is 1.54. The number of thioether (sulfide) groups is 2. The molecule has 0 saturated carbocycles. The highest BCUT2D eigenvalue weighted by molar-refractivity contribution is 8.03.